The third kappa shape index (κ3) is 4.94. The molecule has 172 valence electrons. The number of hydrogen-bond acceptors (Lipinski definition) is 9. The maximum atomic E-state index is 12.5. The van der Waals surface area contributed by atoms with Gasteiger partial charge in [0.25, 0.3) is 0 Å². The molecule has 0 saturated carbocycles. The van der Waals surface area contributed by atoms with Crippen LogP contribution < -0.4 is 16.2 Å². The lowest BCUT2D eigenvalue weighted by Gasteiger charge is -2.24. The van der Waals surface area contributed by atoms with Crippen molar-refractivity contribution in [2.75, 3.05) is 19.8 Å². The zero-order chi connectivity index (χ0) is 23.5. The number of hydrogen-bond donors (Lipinski definition) is 3. The second-order valence-electron chi connectivity index (χ2n) is 7.47. The van der Waals surface area contributed by atoms with Crippen molar-refractivity contribution < 1.29 is 28.9 Å². The van der Waals surface area contributed by atoms with Crippen LogP contribution in [-0.4, -0.2) is 51.1 Å². The van der Waals surface area contributed by atoms with E-state index in [1.807, 2.05) is 12.1 Å². The molecule has 4 N–H and O–H groups in total. The fraction of sp³-hybridized carbons (Fsp3) is 0.381. The van der Waals surface area contributed by atoms with Crippen LogP contribution in [0.3, 0.4) is 0 Å². The minimum absolute atomic E-state index is 0.168. The van der Waals surface area contributed by atoms with Crippen LogP contribution in [0.2, 0.25) is 5.02 Å². The molecule has 10 nitrogen and oxygen atoms in total. The van der Waals surface area contributed by atoms with Gasteiger partial charge in [0.05, 0.1) is 35.0 Å². The topological polar surface area (TPSA) is 150 Å². The number of nitrogens with two attached hydrogens (primary N) is 1. The van der Waals surface area contributed by atoms with E-state index in [1.165, 1.54) is 19.1 Å². The first-order valence-corrected chi connectivity index (χ1v) is 10.2. The summed E-state index contributed by atoms with van der Waals surface area (Å²) in [6.07, 6.45) is 1.23. The van der Waals surface area contributed by atoms with E-state index in [0.29, 0.717) is 5.69 Å². The quantitative estimate of drug-likeness (QED) is 0.400. The van der Waals surface area contributed by atoms with Gasteiger partial charge in [-0.25, -0.2) is 9.59 Å². The Balaban J connectivity index is 1.85. The average molecular weight is 466 g/mol. The first-order chi connectivity index (χ1) is 15.2. The maximum absolute atomic E-state index is 12.5. The summed E-state index contributed by atoms with van der Waals surface area (Å²) in [7, 11) is 0. The molecule has 2 atom stereocenters. The van der Waals surface area contributed by atoms with Crippen LogP contribution in [0.4, 0.5) is 0 Å². The van der Waals surface area contributed by atoms with Crippen LogP contribution in [-0.2, 0) is 9.53 Å². The summed E-state index contributed by atoms with van der Waals surface area (Å²) < 4.78 is 17.3. The Hall–Kier alpha value is -2.92. The van der Waals surface area contributed by atoms with Crippen molar-refractivity contribution in [2.24, 2.45) is 5.73 Å². The number of benzene rings is 1. The number of pyridine rings is 1. The van der Waals surface area contributed by atoms with E-state index in [9.17, 15) is 19.8 Å². The fourth-order valence-corrected chi connectivity index (χ4v) is 3.14. The van der Waals surface area contributed by atoms with Crippen LogP contribution in [0, 0.1) is 0 Å². The number of halogens is 1. The van der Waals surface area contributed by atoms with Gasteiger partial charge >= 0.3 is 11.7 Å². The molecule has 0 radical (unpaired) electrons. The molecule has 2 aromatic heterocycles. The number of carbonyl (C=O) groups is 1. The molecule has 32 heavy (non-hydrogen) atoms. The van der Waals surface area contributed by atoms with Crippen molar-refractivity contribution in [1.82, 2.24) is 9.55 Å². The second kappa shape index (κ2) is 9.70. The van der Waals surface area contributed by atoms with Gasteiger partial charge in [0, 0.05) is 12.3 Å². The highest BCUT2D eigenvalue weighted by atomic mass is 35.5. The van der Waals surface area contributed by atoms with Crippen LogP contribution in [0.15, 0.2) is 45.7 Å². The first kappa shape index (κ1) is 23.7. The van der Waals surface area contributed by atoms with Crippen molar-refractivity contribution in [1.29, 1.82) is 0 Å². The molecule has 3 rings (SSSR count). The Bertz CT molecular complexity index is 1140. The normalized spacial score (nSPS) is 13.7. The number of nitrogens with zero attached hydrogens (tertiary/aromatic N) is 2. The minimum atomic E-state index is -1.49. The highest BCUT2D eigenvalue weighted by Gasteiger charge is 2.29. The zero-order valence-electron chi connectivity index (χ0n) is 17.5. The Labute approximate surface area is 188 Å². The van der Waals surface area contributed by atoms with Gasteiger partial charge in [-0.3, -0.25) is 9.55 Å². The van der Waals surface area contributed by atoms with E-state index in [2.05, 4.69) is 4.98 Å². The molecule has 0 aliphatic heterocycles. The molecular weight excluding hydrogens is 442 g/mol. The lowest BCUT2D eigenvalue weighted by atomic mass is 10.1. The standard InChI is InChI=1S/C21H24ClN3O7/c1-12(19(28)30-11-21(23,9-26)10-27)25-16-7-14(22)17(8-18(16)32-20(25)29)31-13(2)15-5-3-4-6-24-15/h3-8,12-13,26-27H,9-11,23H2,1-2H3/t12-,13?/m0/s1. The Kier molecular flexibility index (Phi) is 7.19. The molecular formula is C21H24ClN3O7. The number of aliphatic hydroxyl groups is 2. The third-order valence-electron chi connectivity index (χ3n) is 4.94. The number of fused-ring (bicyclic) bond motifs is 1. The van der Waals surface area contributed by atoms with Crippen molar-refractivity contribution in [3.8, 4) is 5.75 Å². The second-order valence-corrected chi connectivity index (χ2v) is 7.87. The number of aliphatic hydroxyl groups excluding tert-OH is 2. The molecule has 0 saturated heterocycles. The van der Waals surface area contributed by atoms with Crippen LogP contribution in [0.25, 0.3) is 11.1 Å². The summed E-state index contributed by atoms with van der Waals surface area (Å²) in [5.74, 6) is -1.31. The molecule has 0 fully saturated rings. The predicted octanol–water partition coefficient (Wildman–Crippen LogP) is 1.57. The van der Waals surface area contributed by atoms with Gasteiger partial charge in [-0.2, -0.15) is 0 Å². The summed E-state index contributed by atoms with van der Waals surface area (Å²) >= 11 is 6.37. The largest absolute Gasteiger partial charge is 0.483 e. The van der Waals surface area contributed by atoms with Gasteiger partial charge in [-0.05, 0) is 32.0 Å². The number of rotatable bonds is 9. The van der Waals surface area contributed by atoms with Crippen LogP contribution in [0.5, 0.6) is 5.75 Å². The molecule has 0 aliphatic carbocycles. The minimum Gasteiger partial charge on any atom is -0.483 e. The summed E-state index contributed by atoms with van der Waals surface area (Å²) in [5, 5.41) is 18.6. The van der Waals surface area contributed by atoms with E-state index in [-0.39, 0.29) is 21.9 Å². The van der Waals surface area contributed by atoms with Gasteiger partial charge in [0.2, 0.25) is 0 Å². The summed E-state index contributed by atoms with van der Waals surface area (Å²) in [6, 6.07) is 7.28. The summed E-state index contributed by atoms with van der Waals surface area (Å²) in [4.78, 5) is 29.2. The number of oxazole rings is 1. The van der Waals surface area contributed by atoms with Gasteiger partial charge in [0.15, 0.2) is 5.58 Å². The van der Waals surface area contributed by atoms with Gasteiger partial charge in [-0.1, -0.05) is 17.7 Å². The first-order valence-electron chi connectivity index (χ1n) is 9.78. The number of aromatic nitrogens is 2. The van der Waals surface area contributed by atoms with Gasteiger partial charge in [0.1, 0.15) is 24.5 Å². The Morgan fingerprint density at radius 1 is 1.31 bits per heavy atom. The lowest BCUT2D eigenvalue weighted by molar-refractivity contribution is -0.150. The molecule has 0 bridgehead atoms. The molecule has 1 aromatic carbocycles. The maximum Gasteiger partial charge on any atom is 0.420 e. The van der Waals surface area contributed by atoms with Crippen molar-refractivity contribution in [3.63, 3.8) is 0 Å². The molecule has 3 aromatic rings. The molecule has 0 aliphatic rings. The van der Waals surface area contributed by atoms with Gasteiger partial charge in [-0.15, -0.1) is 0 Å². The van der Waals surface area contributed by atoms with E-state index in [0.717, 1.165) is 4.57 Å². The van der Waals surface area contributed by atoms with Crippen LogP contribution >= 0.6 is 11.6 Å². The molecule has 1 unspecified atom stereocenters. The smallest absolute Gasteiger partial charge is 0.420 e. The predicted molar refractivity (Wildman–Crippen MR) is 116 cm³/mol. The highest BCUT2D eigenvalue weighted by molar-refractivity contribution is 6.32. The van der Waals surface area contributed by atoms with E-state index >= 15 is 0 Å². The van der Waals surface area contributed by atoms with Crippen molar-refractivity contribution >= 4 is 28.7 Å². The Morgan fingerprint density at radius 3 is 2.66 bits per heavy atom. The van der Waals surface area contributed by atoms with E-state index in [1.54, 1.807) is 19.2 Å². The molecule has 0 amide bonds. The lowest BCUT2D eigenvalue weighted by Crippen LogP contribution is -2.52. The van der Waals surface area contributed by atoms with Gasteiger partial charge < -0.3 is 29.8 Å². The summed E-state index contributed by atoms with van der Waals surface area (Å²) in [6.45, 7) is 1.64. The fourth-order valence-electron chi connectivity index (χ4n) is 2.94. The average Bonchev–Trinajstić information content (AvgIpc) is 3.11. The van der Waals surface area contributed by atoms with Crippen LogP contribution in [0.1, 0.15) is 31.7 Å². The molecule has 11 heteroatoms. The highest BCUT2D eigenvalue weighted by Crippen LogP contribution is 2.33. The molecule has 0 spiro atoms. The van der Waals surface area contributed by atoms with Crippen molar-refractivity contribution in [3.05, 3.63) is 57.8 Å². The molecule has 2 heterocycles. The number of esters is 1. The SMILES string of the molecule is CC(Oc1cc2oc(=O)n([C@@H](C)C(=O)OCC(N)(CO)CO)c2cc1Cl)c1ccccn1. The van der Waals surface area contributed by atoms with E-state index < -0.39 is 49.2 Å². The van der Waals surface area contributed by atoms with E-state index in [4.69, 9.17) is 31.2 Å². The third-order valence-corrected chi connectivity index (χ3v) is 5.23. The Morgan fingerprint density at radius 2 is 2.03 bits per heavy atom. The monoisotopic (exact) mass is 465 g/mol. The van der Waals surface area contributed by atoms with Crippen molar-refractivity contribution in [2.45, 2.75) is 31.5 Å². The number of ether oxygens (including phenoxy) is 2. The number of carbonyl (C=O) groups excluding carboxylic acids is 1. The zero-order valence-corrected chi connectivity index (χ0v) is 18.3. The summed E-state index contributed by atoms with van der Waals surface area (Å²) in [5.41, 5.74) is 5.35.